The quantitative estimate of drug-likeness (QED) is 0.864. The van der Waals surface area contributed by atoms with Gasteiger partial charge in [0.05, 0.1) is 15.4 Å². The summed E-state index contributed by atoms with van der Waals surface area (Å²) in [5.74, 6) is -0.388. The van der Waals surface area contributed by atoms with E-state index in [0.717, 1.165) is 19.3 Å². The Kier molecular flexibility index (Phi) is 4.92. The predicted octanol–water partition coefficient (Wildman–Crippen LogP) is 2.31. The first-order valence-corrected chi connectivity index (χ1v) is 6.94. The van der Waals surface area contributed by atoms with Crippen molar-refractivity contribution in [3.63, 3.8) is 0 Å². The first-order valence-electron chi connectivity index (χ1n) is 6.47. The number of carbonyl (C=O) groups is 2. The monoisotopic (exact) mass is 279 g/mol. The van der Waals surface area contributed by atoms with E-state index in [1.54, 1.807) is 12.1 Å². The molecular weight excluding hydrogens is 261 g/mol. The van der Waals surface area contributed by atoms with Crippen LogP contribution in [-0.2, 0) is 9.32 Å². The van der Waals surface area contributed by atoms with Gasteiger partial charge in [-0.3, -0.25) is 9.59 Å². The van der Waals surface area contributed by atoms with Crippen LogP contribution < -0.4 is 5.32 Å². The van der Waals surface area contributed by atoms with Gasteiger partial charge in [0.25, 0.3) is 5.91 Å². The van der Waals surface area contributed by atoms with Crippen molar-refractivity contribution >= 4 is 21.3 Å². The highest BCUT2D eigenvalue weighted by Gasteiger charge is 2.28. The van der Waals surface area contributed by atoms with E-state index in [1.165, 1.54) is 0 Å². The van der Waals surface area contributed by atoms with Crippen LogP contribution in [0.15, 0.2) is 30.3 Å². The second kappa shape index (κ2) is 6.67. The van der Waals surface area contributed by atoms with Crippen LogP contribution in [-0.4, -0.2) is 17.9 Å². The van der Waals surface area contributed by atoms with Crippen molar-refractivity contribution < 1.29 is 14.1 Å². The molecule has 1 fully saturated rings. The van der Waals surface area contributed by atoms with Gasteiger partial charge >= 0.3 is 5.97 Å². The molecule has 0 saturated heterocycles. The molecule has 1 saturated carbocycles. The van der Waals surface area contributed by atoms with Crippen molar-refractivity contribution in [2.75, 3.05) is 0 Å². The van der Waals surface area contributed by atoms with Crippen LogP contribution in [0.1, 0.15) is 36.0 Å². The lowest BCUT2D eigenvalue weighted by Gasteiger charge is -2.28. The molecule has 1 N–H and O–H groups in total. The summed E-state index contributed by atoms with van der Waals surface area (Å²) in [5.41, 5.74) is 0.651. The van der Waals surface area contributed by atoms with E-state index in [4.69, 9.17) is 4.52 Å². The molecule has 2 rings (SSSR count). The Balaban J connectivity index is 1.92. The molecule has 5 heteroatoms. The van der Waals surface area contributed by atoms with Crippen LogP contribution in [0.5, 0.6) is 0 Å². The first-order chi connectivity index (χ1) is 9.20. The third-order valence-corrected chi connectivity index (χ3v) is 3.73. The third kappa shape index (κ3) is 3.77. The zero-order chi connectivity index (χ0) is 13.7. The minimum atomic E-state index is -0.205. The first kappa shape index (κ1) is 14.0. The smallest absolute Gasteiger partial charge is 0.311 e. The summed E-state index contributed by atoms with van der Waals surface area (Å²) in [6, 6.07) is 9.17. The van der Waals surface area contributed by atoms with E-state index in [0.29, 0.717) is 12.0 Å². The highest BCUT2D eigenvalue weighted by atomic mass is 31.0. The average molecular weight is 279 g/mol. The van der Waals surface area contributed by atoms with Gasteiger partial charge in [-0.1, -0.05) is 24.6 Å². The summed E-state index contributed by atoms with van der Waals surface area (Å²) < 4.78 is 4.69. The summed E-state index contributed by atoms with van der Waals surface area (Å²) in [5, 5.41) is 2.99. The Hall–Kier alpha value is -1.41. The van der Waals surface area contributed by atoms with Gasteiger partial charge in [0, 0.05) is 11.6 Å². The number of rotatable bonds is 3. The normalized spacial score (nSPS) is 22.6. The van der Waals surface area contributed by atoms with E-state index >= 15 is 0 Å². The highest BCUT2D eigenvalue weighted by Crippen LogP contribution is 2.26. The fourth-order valence-corrected chi connectivity index (χ4v) is 2.68. The molecular formula is C14H18NO3P. The van der Waals surface area contributed by atoms with Crippen LogP contribution in [0.25, 0.3) is 0 Å². The molecule has 4 nitrogen and oxygen atoms in total. The van der Waals surface area contributed by atoms with Crippen molar-refractivity contribution in [1.82, 2.24) is 5.32 Å². The Morgan fingerprint density at radius 1 is 1.21 bits per heavy atom. The van der Waals surface area contributed by atoms with Gasteiger partial charge in [-0.2, -0.15) is 0 Å². The molecule has 0 radical (unpaired) electrons. The Morgan fingerprint density at radius 3 is 2.63 bits per heavy atom. The van der Waals surface area contributed by atoms with Crippen LogP contribution >= 0.6 is 9.47 Å². The fourth-order valence-electron chi connectivity index (χ4n) is 2.49. The van der Waals surface area contributed by atoms with Gasteiger partial charge in [0.2, 0.25) is 0 Å². The molecule has 3 unspecified atom stereocenters. The molecule has 0 spiro atoms. The van der Waals surface area contributed by atoms with E-state index in [1.807, 2.05) is 27.7 Å². The van der Waals surface area contributed by atoms with E-state index in [9.17, 15) is 9.59 Å². The van der Waals surface area contributed by atoms with Gasteiger partial charge in [0.1, 0.15) is 0 Å². The maximum atomic E-state index is 12.0. The van der Waals surface area contributed by atoms with Crippen LogP contribution in [0, 0.1) is 5.92 Å². The second-order valence-electron chi connectivity index (χ2n) is 4.84. The summed E-state index contributed by atoms with van der Waals surface area (Å²) in [6.07, 6.45) is 3.35. The van der Waals surface area contributed by atoms with E-state index in [-0.39, 0.29) is 23.8 Å². The standard InChI is InChI=1S/C14H18NO3P/c16-13(10-5-2-1-3-6-10)15-12-8-4-7-11(9-12)14(17)18-19/h1-3,5-6,11-12H,4,7-9,19H2,(H,15,16). The SMILES string of the molecule is O=C(NC1CCCC(C(=O)OP)C1)c1ccccc1. The summed E-state index contributed by atoms with van der Waals surface area (Å²) in [6.45, 7) is 0. The van der Waals surface area contributed by atoms with E-state index < -0.39 is 0 Å². The minimum absolute atomic E-state index is 0.0514. The molecule has 0 aromatic heterocycles. The number of carbonyl (C=O) groups excluding carboxylic acids is 2. The molecule has 0 bridgehead atoms. The van der Waals surface area contributed by atoms with Gasteiger partial charge < -0.3 is 9.84 Å². The highest BCUT2D eigenvalue weighted by molar-refractivity contribution is 7.10. The molecule has 1 amide bonds. The summed E-state index contributed by atoms with van der Waals surface area (Å²) in [4.78, 5) is 23.5. The Morgan fingerprint density at radius 2 is 1.95 bits per heavy atom. The Labute approximate surface area is 115 Å². The number of amides is 1. The molecule has 1 aliphatic carbocycles. The molecule has 19 heavy (non-hydrogen) atoms. The van der Waals surface area contributed by atoms with Gasteiger partial charge in [-0.25, -0.2) is 0 Å². The van der Waals surface area contributed by atoms with Gasteiger partial charge in [0.15, 0.2) is 0 Å². The molecule has 1 aromatic rings. The topological polar surface area (TPSA) is 55.4 Å². The molecule has 1 aliphatic rings. The number of hydrogen-bond acceptors (Lipinski definition) is 3. The lowest BCUT2D eigenvalue weighted by atomic mass is 9.85. The zero-order valence-corrected chi connectivity index (χ0v) is 11.8. The largest absolute Gasteiger partial charge is 0.451 e. The van der Waals surface area contributed by atoms with Gasteiger partial charge in [-0.15, -0.1) is 0 Å². The van der Waals surface area contributed by atoms with Crippen molar-refractivity contribution in [3.05, 3.63) is 35.9 Å². The summed E-state index contributed by atoms with van der Waals surface area (Å²) >= 11 is 0. The van der Waals surface area contributed by atoms with E-state index in [2.05, 4.69) is 5.32 Å². The predicted molar refractivity (Wildman–Crippen MR) is 75.5 cm³/mol. The van der Waals surface area contributed by atoms with Crippen molar-refractivity contribution in [2.24, 2.45) is 5.92 Å². The molecule has 102 valence electrons. The van der Waals surface area contributed by atoms with Crippen molar-refractivity contribution in [3.8, 4) is 0 Å². The van der Waals surface area contributed by atoms with Crippen molar-refractivity contribution in [2.45, 2.75) is 31.7 Å². The number of nitrogens with one attached hydrogen (secondary N) is 1. The third-order valence-electron chi connectivity index (χ3n) is 3.49. The van der Waals surface area contributed by atoms with Crippen LogP contribution in [0.2, 0.25) is 0 Å². The maximum absolute atomic E-state index is 12.0. The lowest BCUT2D eigenvalue weighted by molar-refractivity contribution is -0.139. The fraction of sp³-hybridized carbons (Fsp3) is 0.429. The maximum Gasteiger partial charge on any atom is 0.311 e. The minimum Gasteiger partial charge on any atom is -0.451 e. The second-order valence-corrected chi connectivity index (χ2v) is 5.07. The molecule has 1 aromatic carbocycles. The molecule has 0 heterocycles. The molecule has 3 atom stereocenters. The molecule has 0 aliphatic heterocycles. The number of hydrogen-bond donors (Lipinski definition) is 1. The zero-order valence-electron chi connectivity index (χ0n) is 10.7. The average Bonchev–Trinajstić information content (AvgIpc) is 2.47. The lowest BCUT2D eigenvalue weighted by Crippen LogP contribution is -2.40. The van der Waals surface area contributed by atoms with Crippen LogP contribution in [0.3, 0.4) is 0 Å². The van der Waals surface area contributed by atoms with Gasteiger partial charge in [-0.05, 0) is 31.4 Å². The van der Waals surface area contributed by atoms with Crippen molar-refractivity contribution in [1.29, 1.82) is 0 Å². The van der Waals surface area contributed by atoms with Crippen LogP contribution in [0.4, 0.5) is 0 Å². The summed E-state index contributed by atoms with van der Waals surface area (Å²) in [7, 11) is 1.99. The number of benzene rings is 1. The Bertz CT molecular complexity index is 449.